The van der Waals surface area contributed by atoms with Gasteiger partial charge in [0.2, 0.25) is 11.8 Å². The molecule has 1 aliphatic carbocycles. The number of nitrogens with one attached hydrogen (secondary N) is 1. The summed E-state index contributed by atoms with van der Waals surface area (Å²) in [6.07, 6.45) is 4.08. The molecule has 0 bridgehead atoms. The van der Waals surface area contributed by atoms with Gasteiger partial charge in [-0.25, -0.2) is 0 Å². The van der Waals surface area contributed by atoms with E-state index in [1.54, 1.807) is 4.90 Å². The molecule has 142 valence electrons. The minimum Gasteiger partial charge on any atom is -0.353 e. The molecule has 0 unspecified atom stereocenters. The average Bonchev–Trinajstić information content (AvgIpc) is 2.93. The van der Waals surface area contributed by atoms with Crippen LogP contribution in [0.2, 0.25) is 0 Å². The molecule has 1 saturated carbocycles. The van der Waals surface area contributed by atoms with Crippen molar-refractivity contribution in [1.82, 2.24) is 10.2 Å². The van der Waals surface area contributed by atoms with Crippen LogP contribution in [0.4, 0.5) is 0 Å². The molecule has 0 aromatic heterocycles. The predicted molar refractivity (Wildman–Crippen MR) is 100 cm³/mol. The van der Waals surface area contributed by atoms with Crippen molar-refractivity contribution in [3.05, 3.63) is 35.9 Å². The highest BCUT2D eigenvalue weighted by Gasteiger charge is 2.53. The van der Waals surface area contributed by atoms with Gasteiger partial charge in [-0.05, 0) is 44.6 Å². The van der Waals surface area contributed by atoms with Gasteiger partial charge in [0.15, 0.2) is 0 Å². The van der Waals surface area contributed by atoms with Gasteiger partial charge in [-0.2, -0.15) is 0 Å². The molecule has 1 spiro atoms. The molecule has 1 aliphatic heterocycles. The summed E-state index contributed by atoms with van der Waals surface area (Å²) in [6.45, 7) is 6.35. The van der Waals surface area contributed by atoms with E-state index in [1.165, 1.54) is 0 Å². The molecule has 0 radical (unpaired) electrons. The molecule has 5 nitrogen and oxygen atoms in total. The van der Waals surface area contributed by atoms with Crippen LogP contribution in [0.3, 0.4) is 0 Å². The number of carbonyl (C=O) groups excluding carboxylic acids is 2. The van der Waals surface area contributed by atoms with Crippen LogP contribution in [0, 0.1) is 5.92 Å². The maximum atomic E-state index is 13.3. The Hall–Kier alpha value is -1.88. The van der Waals surface area contributed by atoms with Gasteiger partial charge in [0, 0.05) is 6.04 Å². The van der Waals surface area contributed by atoms with Gasteiger partial charge in [0.05, 0.1) is 13.0 Å². The molecular formula is C21H30N2O3. The quantitative estimate of drug-likeness (QED) is 0.900. The number of amides is 2. The fourth-order valence-corrected chi connectivity index (χ4v) is 4.32. The molecule has 1 saturated heterocycles. The van der Waals surface area contributed by atoms with Gasteiger partial charge in [-0.3, -0.25) is 14.5 Å². The lowest BCUT2D eigenvalue weighted by Gasteiger charge is -2.43. The standard InChI is InChI=1S/C21H30N2O3/c1-15(2)22-20(25)18-14-26-21(11-7-8-16(3)13-21)23(18)19(24)12-17-9-5-4-6-10-17/h4-6,9-10,15-16,18H,7-8,11-14H2,1-3H3,(H,22,25)/t16-,18+,21-/m1/s1. The first-order valence-corrected chi connectivity index (χ1v) is 9.72. The number of rotatable bonds is 4. The average molecular weight is 358 g/mol. The number of nitrogens with zero attached hydrogens (tertiary/aromatic N) is 1. The van der Waals surface area contributed by atoms with Crippen LogP contribution in [0.5, 0.6) is 0 Å². The monoisotopic (exact) mass is 358 g/mol. The third-order valence-electron chi connectivity index (χ3n) is 5.39. The fraction of sp³-hybridized carbons (Fsp3) is 0.619. The molecule has 2 aliphatic rings. The van der Waals surface area contributed by atoms with Crippen LogP contribution in [0.25, 0.3) is 0 Å². The zero-order valence-electron chi connectivity index (χ0n) is 16.0. The third-order valence-corrected chi connectivity index (χ3v) is 5.39. The Balaban J connectivity index is 1.86. The topological polar surface area (TPSA) is 58.6 Å². The Morgan fingerprint density at radius 2 is 2.04 bits per heavy atom. The van der Waals surface area contributed by atoms with Crippen molar-refractivity contribution in [2.45, 2.75) is 70.7 Å². The smallest absolute Gasteiger partial charge is 0.245 e. The maximum Gasteiger partial charge on any atom is 0.245 e. The van der Waals surface area contributed by atoms with E-state index in [1.807, 2.05) is 44.2 Å². The molecule has 3 rings (SSSR count). The Bertz CT molecular complexity index is 646. The van der Waals surface area contributed by atoms with E-state index in [-0.39, 0.29) is 24.5 Å². The van der Waals surface area contributed by atoms with E-state index in [2.05, 4.69) is 12.2 Å². The number of carbonyl (C=O) groups is 2. The predicted octanol–water partition coefficient (Wildman–Crippen LogP) is 2.89. The van der Waals surface area contributed by atoms with Crippen LogP contribution in [-0.4, -0.2) is 41.1 Å². The number of ether oxygens (including phenoxy) is 1. The molecule has 3 atom stereocenters. The molecular weight excluding hydrogens is 328 g/mol. The van der Waals surface area contributed by atoms with Crippen molar-refractivity contribution in [2.24, 2.45) is 5.92 Å². The van der Waals surface area contributed by atoms with Crippen molar-refractivity contribution < 1.29 is 14.3 Å². The minimum atomic E-state index is -0.623. The minimum absolute atomic E-state index is 0.0216. The van der Waals surface area contributed by atoms with Crippen molar-refractivity contribution in [1.29, 1.82) is 0 Å². The molecule has 1 heterocycles. The normalized spacial score (nSPS) is 28.5. The maximum absolute atomic E-state index is 13.3. The SMILES string of the molecule is CC(C)NC(=O)[C@@H]1CO[C@@]2(CCC[C@@H](C)C2)N1C(=O)Cc1ccccc1. The Labute approximate surface area is 156 Å². The molecule has 1 N–H and O–H groups in total. The first-order valence-electron chi connectivity index (χ1n) is 9.72. The lowest BCUT2D eigenvalue weighted by atomic mass is 9.83. The van der Waals surface area contributed by atoms with Crippen LogP contribution >= 0.6 is 0 Å². The second-order valence-corrected chi connectivity index (χ2v) is 8.06. The van der Waals surface area contributed by atoms with E-state index in [0.717, 1.165) is 31.2 Å². The molecule has 26 heavy (non-hydrogen) atoms. The summed E-state index contributed by atoms with van der Waals surface area (Å²) in [7, 11) is 0. The Morgan fingerprint density at radius 3 is 2.69 bits per heavy atom. The third kappa shape index (κ3) is 3.93. The number of hydrogen-bond donors (Lipinski definition) is 1. The second-order valence-electron chi connectivity index (χ2n) is 8.06. The van der Waals surface area contributed by atoms with Gasteiger partial charge < -0.3 is 10.1 Å². The van der Waals surface area contributed by atoms with Gasteiger partial charge >= 0.3 is 0 Å². The van der Waals surface area contributed by atoms with Crippen molar-refractivity contribution in [3.8, 4) is 0 Å². The van der Waals surface area contributed by atoms with Crippen LogP contribution in [-0.2, 0) is 20.7 Å². The lowest BCUT2D eigenvalue weighted by molar-refractivity contribution is -0.162. The summed E-state index contributed by atoms with van der Waals surface area (Å²) >= 11 is 0. The summed E-state index contributed by atoms with van der Waals surface area (Å²) < 4.78 is 6.18. The highest BCUT2D eigenvalue weighted by atomic mass is 16.5. The first-order chi connectivity index (χ1) is 12.4. The Kier molecular flexibility index (Phi) is 5.66. The van der Waals surface area contributed by atoms with Gasteiger partial charge in [-0.1, -0.05) is 43.7 Å². The number of hydrogen-bond acceptors (Lipinski definition) is 3. The summed E-state index contributed by atoms with van der Waals surface area (Å²) in [4.78, 5) is 27.8. The van der Waals surface area contributed by atoms with Crippen molar-refractivity contribution in [2.75, 3.05) is 6.61 Å². The van der Waals surface area contributed by atoms with E-state index in [9.17, 15) is 9.59 Å². The van der Waals surface area contributed by atoms with Crippen LogP contribution in [0.15, 0.2) is 30.3 Å². The summed E-state index contributed by atoms with van der Waals surface area (Å²) in [5.74, 6) is 0.353. The van der Waals surface area contributed by atoms with Crippen LogP contribution < -0.4 is 5.32 Å². The summed E-state index contributed by atoms with van der Waals surface area (Å²) in [5, 5.41) is 2.95. The lowest BCUT2D eigenvalue weighted by Crippen LogP contribution is -2.58. The Morgan fingerprint density at radius 1 is 1.31 bits per heavy atom. The van der Waals surface area contributed by atoms with E-state index in [0.29, 0.717) is 12.3 Å². The van der Waals surface area contributed by atoms with E-state index >= 15 is 0 Å². The van der Waals surface area contributed by atoms with Crippen molar-refractivity contribution >= 4 is 11.8 Å². The highest BCUT2D eigenvalue weighted by molar-refractivity contribution is 5.89. The van der Waals surface area contributed by atoms with Crippen molar-refractivity contribution in [3.63, 3.8) is 0 Å². The number of benzene rings is 1. The largest absolute Gasteiger partial charge is 0.353 e. The first kappa shape index (κ1) is 18.9. The molecule has 5 heteroatoms. The summed E-state index contributed by atoms with van der Waals surface area (Å²) in [5.41, 5.74) is 0.342. The summed E-state index contributed by atoms with van der Waals surface area (Å²) in [6, 6.07) is 9.21. The van der Waals surface area contributed by atoms with Gasteiger partial charge in [0.1, 0.15) is 11.8 Å². The zero-order valence-corrected chi connectivity index (χ0v) is 16.0. The second kappa shape index (κ2) is 7.78. The fourth-order valence-electron chi connectivity index (χ4n) is 4.32. The van der Waals surface area contributed by atoms with Gasteiger partial charge in [-0.15, -0.1) is 0 Å². The molecule has 2 fully saturated rings. The molecule has 1 aromatic rings. The van der Waals surface area contributed by atoms with E-state index in [4.69, 9.17) is 4.74 Å². The van der Waals surface area contributed by atoms with Crippen LogP contribution in [0.1, 0.15) is 52.0 Å². The van der Waals surface area contributed by atoms with Gasteiger partial charge in [0.25, 0.3) is 0 Å². The molecule has 1 aromatic carbocycles. The zero-order chi connectivity index (χ0) is 18.7. The molecule has 2 amide bonds. The van der Waals surface area contributed by atoms with E-state index < -0.39 is 11.8 Å². The highest BCUT2D eigenvalue weighted by Crippen LogP contribution is 2.43.